The molecule has 0 aliphatic rings. The molecule has 3 aromatic carbocycles. The lowest BCUT2D eigenvalue weighted by molar-refractivity contribution is -0.118. The summed E-state index contributed by atoms with van der Waals surface area (Å²) in [5, 5.41) is 4.81. The van der Waals surface area contributed by atoms with Crippen LogP contribution in [0.3, 0.4) is 0 Å². The number of methoxy groups -OCH3 is 2. The Morgan fingerprint density at radius 1 is 1.03 bits per heavy atom. The largest absolute Gasteiger partial charge is 0.497 e. The van der Waals surface area contributed by atoms with Crippen molar-refractivity contribution < 1.29 is 19.1 Å². The van der Waals surface area contributed by atoms with Crippen LogP contribution in [-0.4, -0.2) is 47.6 Å². The van der Waals surface area contributed by atoms with E-state index in [1.54, 1.807) is 79.9 Å². The molecular formula is C26H22N4O5S. The van der Waals surface area contributed by atoms with E-state index in [4.69, 9.17) is 4.74 Å². The van der Waals surface area contributed by atoms with E-state index >= 15 is 0 Å². The fourth-order valence-corrected chi connectivity index (χ4v) is 4.14. The van der Waals surface area contributed by atoms with Crippen molar-refractivity contribution in [2.45, 2.75) is 5.16 Å². The Balaban J connectivity index is 1.50. The Labute approximate surface area is 210 Å². The van der Waals surface area contributed by atoms with Gasteiger partial charge in [-0.3, -0.25) is 14.2 Å². The second kappa shape index (κ2) is 11.3. The van der Waals surface area contributed by atoms with Crippen LogP contribution in [0.25, 0.3) is 16.6 Å². The predicted molar refractivity (Wildman–Crippen MR) is 138 cm³/mol. The number of rotatable bonds is 8. The van der Waals surface area contributed by atoms with Crippen molar-refractivity contribution in [3.8, 4) is 11.4 Å². The number of hydrogen-bond acceptors (Lipinski definition) is 8. The Hall–Kier alpha value is -4.44. The molecule has 0 aliphatic carbocycles. The van der Waals surface area contributed by atoms with Gasteiger partial charge in [-0.1, -0.05) is 36.0 Å². The van der Waals surface area contributed by atoms with Crippen molar-refractivity contribution in [2.24, 2.45) is 5.10 Å². The van der Waals surface area contributed by atoms with E-state index in [9.17, 15) is 14.4 Å². The van der Waals surface area contributed by atoms with E-state index in [-0.39, 0.29) is 17.2 Å². The third-order valence-corrected chi connectivity index (χ3v) is 6.08. The molecule has 0 fully saturated rings. The molecule has 10 heteroatoms. The molecule has 36 heavy (non-hydrogen) atoms. The van der Waals surface area contributed by atoms with Crippen LogP contribution in [0.4, 0.5) is 0 Å². The topological polar surface area (TPSA) is 112 Å². The molecular weight excluding hydrogens is 480 g/mol. The molecule has 0 saturated carbocycles. The molecule has 0 unspecified atom stereocenters. The van der Waals surface area contributed by atoms with Gasteiger partial charge < -0.3 is 9.47 Å². The molecule has 0 bridgehead atoms. The second-order valence-electron chi connectivity index (χ2n) is 7.45. The summed E-state index contributed by atoms with van der Waals surface area (Å²) in [4.78, 5) is 41.8. The first-order valence-corrected chi connectivity index (χ1v) is 11.8. The summed E-state index contributed by atoms with van der Waals surface area (Å²) < 4.78 is 11.4. The number of aromatic nitrogens is 2. The van der Waals surface area contributed by atoms with Gasteiger partial charge in [0, 0.05) is 0 Å². The average Bonchev–Trinajstić information content (AvgIpc) is 2.92. The molecule has 0 saturated heterocycles. The number of nitrogens with zero attached hydrogens (tertiary/aromatic N) is 3. The first kappa shape index (κ1) is 24.7. The summed E-state index contributed by atoms with van der Waals surface area (Å²) in [5.41, 5.74) is 4.49. The Morgan fingerprint density at radius 2 is 1.75 bits per heavy atom. The van der Waals surface area contributed by atoms with Gasteiger partial charge in [0.25, 0.3) is 11.5 Å². The maximum absolute atomic E-state index is 13.3. The number of esters is 1. The van der Waals surface area contributed by atoms with Gasteiger partial charge in [0.15, 0.2) is 5.16 Å². The molecule has 1 heterocycles. The summed E-state index contributed by atoms with van der Waals surface area (Å²) in [6.45, 7) is 0. The van der Waals surface area contributed by atoms with Gasteiger partial charge in [0.2, 0.25) is 0 Å². The first-order valence-electron chi connectivity index (χ1n) is 10.8. The van der Waals surface area contributed by atoms with E-state index in [2.05, 4.69) is 20.2 Å². The molecule has 9 nitrogen and oxygen atoms in total. The smallest absolute Gasteiger partial charge is 0.337 e. The van der Waals surface area contributed by atoms with Gasteiger partial charge in [-0.05, 0) is 54.1 Å². The summed E-state index contributed by atoms with van der Waals surface area (Å²) in [7, 11) is 2.88. The average molecular weight is 503 g/mol. The van der Waals surface area contributed by atoms with Gasteiger partial charge in [-0.25, -0.2) is 15.2 Å². The van der Waals surface area contributed by atoms with Crippen molar-refractivity contribution >= 4 is 40.8 Å². The molecule has 4 rings (SSSR count). The molecule has 4 aromatic rings. The number of hydrogen-bond donors (Lipinski definition) is 1. The monoisotopic (exact) mass is 502 g/mol. The van der Waals surface area contributed by atoms with E-state index in [0.717, 1.165) is 11.8 Å². The highest BCUT2D eigenvalue weighted by Crippen LogP contribution is 2.22. The minimum atomic E-state index is -0.431. The summed E-state index contributed by atoms with van der Waals surface area (Å²) in [5.74, 6) is -0.156. The molecule has 0 atom stereocenters. The lowest BCUT2D eigenvalue weighted by Crippen LogP contribution is -2.24. The first-order chi connectivity index (χ1) is 17.5. The van der Waals surface area contributed by atoms with E-state index in [0.29, 0.717) is 38.6 Å². The highest BCUT2D eigenvalue weighted by Gasteiger charge is 2.15. The Bertz CT molecular complexity index is 1480. The second-order valence-corrected chi connectivity index (χ2v) is 8.39. The zero-order valence-electron chi connectivity index (χ0n) is 19.5. The molecule has 0 radical (unpaired) electrons. The number of thioether (sulfide) groups is 1. The minimum absolute atomic E-state index is 0.0143. The van der Waals surface area contributed by atoms with Gasteiger partial charge in [0.05, 0.1) is 48.3 Å². The van der Waals surface area contributed by atoms with E-state index in [1.165, 1.54) is 17.9 Å². The Kier molecular flexibility index (Phi) is 7.76. The molecule has 0 aliphatic heterocycles. The summed E-state index contributed by atoms with van der Waals surface area (Å²) in [6, 6.07) is 20.7. The highest BCUT2D eigenvalue weighted by atomic mass is 32.2. The molecule has 0 spiro atoms. The lowest BCUT2D eigenvalue weighted by Gasteiger charge is -2.13. The fourth-order valence-electron chi connectivity index (χ4n) is 3.33. The van der Waals surface area contributed by atoms with Crippen LogP contribution in [0.2, 0.25) is 0 Å². The Morgan fingerprint density at radius 3 is 2.44 bits per heavy atom. The van der Waals surface area contributed by atoms with Crippen LogP contribution in [0.1, 0.15) is 15.9 Å². The minimum Gasteiger partial charge on any atom is -0.497 e. The highest BCUT2D eigenvalue weighted by molar-refractivity contribution is 7.99. The number of carbonyl (C=O) groups is 2. The number of carbonyl (C=O) groups excluding carboxylic acids is 2. The van der Waals surface area contributed by atoms with Crippen LogP contribution in [0, 0.1) is 0 Å². The maximum Gasteiger partial charge on any atom is 0.337 e. The summed E-state index contributed by atoms with van der Waals surface area (Å²) >= 11 is 1.13. The summed E-state index contributed by atoms with van der Waals surface area (Å²) in [6.07, 6.45) is 1.46. The van der Waals surface area contributed by atoms with Crippen molar-refractivity contribution in [2.75, 3.05) is 20.0 Å². The number of hydrazone groups is 1. The number of ether oxygens (including phenoxy) is 2. The molecule has 1 N–H and O–H groups in total. The molecule has 182 valence electrons. The number of para-hydroxylation sites is 1. The van der Waals surface area contributed by atoms with Crippen molar-refractivity contribution in [1.29, 1.82) is 0 Å². The van der Waals surface area contributed by atoms with Crippen LogP contribution in [-0.2, 0) is 9.53 Å². The van der Waals surface area contributed by atoms with Crippen molar-refractivity contribution in [3.05, 3.63) is 94.3 Å². The van der Waals surface area contributed by atoms with Crippen LogP contribution < -0.4 is 15.7 Å². The van der Waals surface area contributed by atoms with Crippen LogP contribution >= 0.6 is 11.8 Å². The number of fused-ring (bicyclic) bond motifs is 1. The number of nitrogens with one attached hydrogen (secondary N) is 1. The standard InChI is InChI=1S/C26H22N4O5S/c1-34-20-13-11-19(12-14-20)30-24(32)21-5-3-4-6-22(21)28-26(30)36-16-23(31)29-27-15-17-7-9-18(10-8-17)25(33)35-2/h3-15H,16H2,1-2H3,(H,29,31)/b27-15+. The van der Waals surface area contributed by atoms with Gasteiger partial charge >= 0.3 is 5.97 Å². The third kappa shape index (κ3) is 5.61. The number of amides is 1. The zero-order chi connectivity index (χ0) is 25.5. The lowest BCUT2D eigenvalue weighted by atomic mass is 10.1. The van der Waals surface area contributed by atoms with Crippen molar-refractivity contribution in [1.82, 2.24) is 15.0 Å². The molecule has 1 amide bonds. The predicted octanol–water partition coefficient (Wildman–Crippen LogP) is 3.42. The van der Waals surface area contributed by atoms with Gasteiger partial charge in [0.1, 0.15) is 5.75 Å². The van der Waals surface area contributed by atoms with Gasteiger partial charge in [-0.2, -0.15) is 5.10 Å². The van der Waals surface area contributed by atoms with Gasteiger partial charge in [-0.15, -0.1) is 0 Å². The van der Waals surface area contributed by atoms with Crippen LogP contribution in [0.15, 0.2) is 87.8 Å². The molecule has 1 aromatic heterocycles. The third-order valence-electron chi connectivity index (χ3n) is 5.14. The fraction of sp³-hybridized carbons (Fsp3) is 0.115. The quantitative estimate of drug-likeness (QED) is 0.129. The SMILES string of the molecule is COC(=O)c1ccc(/C=N/NC(=O)CSc2nc3ccccc3c(=O)n2-c2ccc(OC)cc2)cc1. The number of benzene rings is 3. The normalized spacial score (nSPS) is 10.9. The van der Waals surface area contributed by atoms with E-state index in [1.807, 2.05) is 0 Å². The zero-order valence-corrected chi connectivity index (χ0v) is 20.3. The van der Waals surface area contributed by atoms with Crippen molar-refractivity contribution in [3.63, 3.8) is 0 Å². The maximum atomic E-state index is 13.3. The van der Waals surface area contributed by atoms with E-state index < -0.39 is 5.97 Å². The van der Waals surface area contributed by atoms with Crippen LogP contribution in [0.5, 0.6) is 5.75 Å².